The van der Waals surface area contributed by atoms with Crippen molar-refractivity contribution in [3.05, 3.63) is 53.9 Å². The van der Waals surface area contributed by atoms with Gasteiger partial charge in [-0.3, -0.25) is 4.98 Å². The first kappa shape index (κ1) is 21.9. The Hall–Kier alpha value is -2.17. The van der Waals surface area contributed by atoms with Crippen LogP contribution in [0.4, 0.5) is 8.78 Å². The van der Waals surface area contributed by atoms with Crippen molar-refractivity contribution in [1.29, 1.82) is 0 Å². The molecule has 2 rings (SSSR count). The number of guanidine groups is 1. The van der Waals surface area contributed by atoms with Crippen LogP contribution in [0.1, 0.15) is 11.3 Å². The van der Waals surface area contributed by atoms with Crippen LogP contribution in [0.2, 0.25) is 0 Å². The Kier molecular flexibility index (Phi) is 9.63. The lowest BCUT2D eigenvalue weighted by atomic mass is 10.2. The number of aliphatic imine (C=N–C) groups is 1. The normalized spacial score (nSPS) is 11.0. The number of rotatable bonds is 8. The third-order valence-electron chi connectivity index (χ3n) is 3.29. The van der Waals surface area contributed by atoms with Gasteiger partial charge >= 0.3 is 6.61 Å². The second-order valence-corrected chi connectivity index (χ2v) is 5.06. The number of methoxy groups -OCH3 is 1. The standard InChI is InChI=1S/C17H20F2N4O2.HI/c1-24-14-6-5-12(10-15(14)25-16(18)19)11-23-17(20)22-9-7-13-4-2-3-8-21-13;/h2-6,8,10,16H,7,9,11H2,1H3,(H3,20,22,23);1H. The second-order valence-electron chi connectivity index (χ2n) is 5.06. The molecule has 0 amide bonds. The number of benzene rings is 1. The molecule has 1 aromatic carbocycles. The van der Waals surface area contributed by atoms with Crippen LogP contribution in [-0.2, 0) is 13.0 Å². The molecule has 0 atom stereocenters. The lowest BCUT2D eigenvalue weighted by Gasteiger charge is -2.11. The fraction of sp³-hybridized carbons (Fsp3) is 0.294. The van der Waals surface area contributed by atoms with Crippen molar-refractivity contribution >= 4 is 29.9 Å². The first-order valence-electron chi connectivity index (χ1n) is 7.64. The smallest absolute Gasteiger partial charge is 0.387 e. The number of hydrogen-bond donors (Lipinski definition) is 2. The highest BCUT2D eigenvalue weighted by Crippen LogP contribution is 2.29. The van der Waals surface area contributed by atoms with Crippen molar-refractivity contribution in [2.75, 3.05) is 13.7 Å². The molecule has 0 bridgehead atoms. The average Bonchev–Trinajstić information content (AvgIpc) is 2.60. The molecule has 0 aliphatic rings. The van der Waals surface area contributed by atoms with Crippen molar-refractivity contribution in [2.45, 2.75) is 19.6 Å². The molecule has 0 unspecified atom stereocenters. The SMILES string of the molecule is COc1ccc(CN=C(N)NCCc2ccccn2)cc1OC(F)F.I. The molecule has 0 aliphatic heterocycles. The third kappa shape index (κ3) is 7.38. The van der Waals surface area contributed by atoms with Gasteiger partial charge in [0, 0.05) is 24.9 Å². The molecule has 0 saturated heterocycles. The van der Waals surface area contributed by atoms with E-state index in [9.17, 15) is 8.78 Å². The number of hydrogen-bond acceptors (Lipinski definition) is 4. The molecule has 0 radical (unpaired) electrons. The predicted octanol–water partition coefficient (Wildman–Crippen LogP) is 2.96. The maximum atomic E-state index is 12.4. The zero-order chi connectivity index (χ0) is 18.1. The second kappa shape index (κ2) is 11.4. The Labute approximate surface area is 167 Å². The third-order valence-corrected chi connectivity index (χ3v) is 3.29. The van der Waals surface area contributed by atoms with Crippen molar-refractivity contribution in [3.63, 3.8) is 0 Å². The molecule has 2 aromatic rings. The van der Waals surface area contributed by atoms with Crippen molar-refractivity contribution < 1.29 is 18.3 Å². The van der Waals surface area contributed by atoms with Crippen LogP contribution in [0.5, 0.6) is 11.5 Å². The summed E-state index contributed by atoms with van der Waals surface area (Å²) in [5, 5.41) is 2.98. The topological polar surface area (TPSA) is 81.8 Å². The number of ether oxygens (including phenoxy) is 2. The van der Waals surface area contributed by atoms with Gasteiger partial charge in [-0.15, -0.1) is 24.0 Å². The predicted molar refractivity (Wildman–Crippen MR) is 106 cm³/mol. The van der Waals surface area contributed by atoms with Crippen LogP contribution in [0.3, 0.4) is 0 Å². The fourth-order valence-corrected chi connectivity index (χ4v) is 2.10. The van der Waals surface area contributed by atoms with E-state index >= 15 is 0 Å². The molecule has 0 aliphatic carbocycles. The Balaban J connectivity index is 0.00000338. The van der Waals surface area contributed by atoms with Gasteiger partial charge in [-0.2, -0.15) is 8.78 Å². The van der Waals surface area contributed by atoms with Gasteiger partial charge in [0.05, 0.1) is 13.7 Å². The summed E-state index contributed by atoms with van der Waals surface area (Å²) in [4.78, 5) is 8.39. The molecule has 6 nitrogen and oxygen atoms in total. The Bertz CT molecular complexity index is 702. The number of nitrogens with zero attached hydrogens (tertiary/aromatic N) is 2. The molecule has 0 fully saturated rings. The number of aromatic nitrogens is 1. The first-order valence-corrected chi connectivity index (χ1v) is 7.64. The Morgan fingerprint density at radius 2 is 2.08 bits per heavy atom. The molecular weight excluding hydrogens is 457 g/mol. The van der Waals surface area contributed by atoms with Gasteiger partial charge in [0.1, 0.15) is 0 Å². The lowest BCUT2D eigenvalue weighted by molar-refractivity contribution is -0.0512. The number of alkyl halides is 2. The molecule has 26 heavy (non-hydrogen) atoms. The van der Waals surface area contributed by atoms with Gasteiger partial charge in [-0.05, 0) is 29.8 Å². The van der Waals surface area contributed by atoms with Crippen molar-refractivity contribution in [2.24, 2.45) is 10.7 Å². The summed E-state index contributed by atoms with van der Waals surface area (Å²) in [6, 6.07) is 10.4. The van der Waals surface area contributed by atoms with E-state index in [1.165, 1.54) is 13.2 Å². The molecule has 0 saturated carbocycles. The van der Waals surface area contributed by atoms with E-state index in [1.807, 2.05) is 18.2 Å². The van der Waals surface area contributed by atoms with Gasteiger partial charge in [-0.1, -0.05) is 12.1 Å². The largest absolute Gasteiger partial charge is 0.493 e. The van der Waals surface area contributed by atoms with Crippen LogP contribution in [0.15, 0.2) is 47.6 Å². The van der Waals surface area contributed by atoms with Crippen LogP contribution in [-0.4, -0.2) is 31.2 Å². The highest BCUT2D eigenvalue weighted by atomic mass is 127. The Morgan fingerprint density at radius 1 is 1.27 bits per heavy atom. The minimum Gasteiger partial charge on any atom is -0.493 e. The van der Waals surface area contributed by atoms with Crippen LogP contribution >= 0.6 is 24.0 Å². The van der Waals surface area contributed by atoms with Crippen LogP contribution in [0, 0.1) is 0 Å². The van der Waals surface area contributed by atoms with Crippen LogP contribution in [0.25, 0.3) is 0 Å². The van der Waals surface area contributed by atoms with Gasteiger partial charge < -0.3 is 20.5 Å². The summed E-state index contributed by atoms with van der Waals surface area (Å²) in [5.41, 5.74) is 7.43. The molecule has 9 heteroatoms. The number of halogens is 3. The number of nitrogens with two attached hydrogens (primary N) is 1. The summed E-state index contributed by atoms with van der Waals surface area (Å²) in [5.74, 6) is 0.462. The van der Waals surface area contributed by atoms with E-state index in [0.717, 1.165) is 5.69 Å². The lowest BCUT2D eigenvalue weighted by Crippen LogP contribution is -2.33. The van der Waals surface area contributed by atoms with E-state index < -0.39 is 6.61 Å². The van der Waals surface area contributed by atoms with E-state index in [4.69, 9.17) is 10.5 Å². The molecular formula is C17H21F2IN4O2. The Morgan fingerprint density at radius 3 is 2.73 bits per heavy atom. The number of nitrogens with one attached hydrogen (secondary N) is 1. The van der Waals surface area contributed by atoms with E-state index in [1.54, 1.807) is 18.3 Å². The van der Waals surface area contributed by atoms with Gasteiger partial charge in [-0.25, -0.2) is 4.99 Å². The maximum Gasteiger partial charge on any atom is 0.387 e. The zero-order valence-corrected chi connectivity index (χ0v) is 16.5. The first-order chi connectivity index (χ1) is 12.1. The maximum absolute atomic E-state index is 12.4. The summed E-state index contributed by atoms with van der Waals surface area (Å²) < 4.78 is 34.3. The highest BCUT2D eigenvalue weighted by molar-refractivity contribution is 14.0. The van der Waals surface area contributed by atoms with E-state index in [-0.39, 0.29) is 48.0 Å². The summed E-state index contributed by atoms with van der Waals surface area (Å²) in [6.45, 7) is -2.10. The van der Waals surface area contributed by atoms with E-state index in [0.29, 0.717) is 18.5 Å². The molecule has 1 aromatic heterocycles. The van der Waals surface area contributed by atoms with Crippen molar-refractivity contribution in [3.8, 4) is 11.5 Å². The van der Waals surface area contributed by atoms with Gasteiger partial charge in [0.25, 0.3) is 0 Å². The van der Waals surface area contributed by atoms with E-state index in [2.05, 4.69) is 20.0 Å². The quantitative estimate of drug-likeness (QED) is 0.347. The summed E-state index contributed by atoms with van der Waals surface area (Å²) >= 11 is 0. The summed E-state index contributed by atoms with van der Waals surface area (Å²) in [6.07, 6.45) is 2.45. The summed E-state index contributed by atoms with van der Waals surface area (Å²) in [7, 11) is 1.38. The fourth-order valence-electron chi connectivity index (χ4n) is 2.10. The number of pyridine rings is 1. The minimum absolute atomic E-state index is 0. The average molecular weight is 478 g/mol. The monoisotopic (exact) mass is 478 g/mol. The van der Waals surface area contributed by atoms with Gasteiger partial charge in [0.15, 0.2) is 17.5 Å². The molecule has 0 spiro atoms. The zero-order valence-electron chi connectivity index (χ0n) is 14.2. The highest BCUT2D eigenvalue weighted by Gasteiger charge is 2.11. The molecule has 3 N–H and O–H groups in total. The van der Waals surface area contributed by atoms with Crippen molar-refractivity contribution in [1.82, 2.24) is 10.3 Å². The van der Waals surface area contributed by atoms with Crippen LogP contribution < -0.4 is 20.5 Å². The minimum atomic E-state index is -2.93. The van der Waals surface area contributed by atoms with Gasteiger partial charge in [0.2, 0.25) is 0 Å². The molecule has 142 valence electrons. The molecule has 1 heterocycles.